The van der Waals surface area contributed by atoms with E-state index in [9.17, 15) is 4.79 Å². The Kier molecular flexibility index (Phi) is 3.85. The first-order valence-corrected chi connectivity index (χ1v) is 9.36. The molecule has 27 heavy (non-hydrogen) atoms. The van der Waals surface area contributed by atoms with Gasteiger partial charge >= 0.3 is 0 Å². The molecule has 0 N–H and O–H groups in total. The highest BCUT2D eigenvalue weighted by atomic mass is 16.2. The van der Waals surface area contributed by atoms with E-state index in [1.165, 1.54) is 5.69 Å². The third kappa shape index (κ3) is 2.85. The van der Waals surface area contributed by atoms with E-state index in [2.05, 4.69) is 20.4 Å². The fraction of sp³-hybridized carbons (Fsp3) is 0.227. The van der Waals surface area contributed by atoms with E-state index in [0.29, 0.717) is 11.5 Å². The number of pyridine rings is 2. The Morgan fingerprint density at radius 1 is 1.07 bits per heavy atom. The van der Waals surface area contributed by atoms with Crippen molar-refractivity contribution in [2.75, 3.05) is 13.1 Å². The average Bonchev–Trinajstić information content (AvgIpc) is 3.22. The number of carbonyl (C=O) groups excluding carboxylic acids is 1. The molecule has 1 aliphatic rings. The number of rotatable bonds is 2. The number of amides is 1. The van der Waals surface area contributed by atoms with Crippen LogP contribution in [0.4, 0.5) is 0 Å². The quantitative estimate of drug-likeness (QED) is 0.547. The zero-order valence-corrected chi connectivity index (χ0v) is 15.0. The van der Waals surface area contributed by atoms with Crippen molar-refractivity contribution in [1.82, 2.24) is 19.3 Å². The van der Waals surface area contributed by atoms with Crippen molar-refractivity contribution < 1.29 is 4.79 Å². The molecule has 0 aliphatic carbocycles. The van der Waals surface area contributed by atoms with Crippen LogP contribution in [0.5, 0.6) is 0 Å². The molecule has 1 saturated heterocycles. The number of piperidine rings is 1. The van der Waals surface area contributed by atoms with E-state index in [4.69, 9.17) is 0 Å². The number of para-hydroxylation sites is 1. The van der Waals surface area contributed by atoms with Gasteiger partial charge in [-0.05, 0) is 37.1 Å². The van der Waals surface area contributed by atoms with Crippen LogP contribution in [-0.2, 0) is 0 Å². The van der Waals surface area contributed by atoms with Gasteiger partial charge in [-0.2, -0.15) is 0 Å². The van der Waals surface area contributed by atoms with Gasteiger partial charge in [-0.1, -0.05) is 24.3 Å². The van der Waals surface area contributed by atoms with Gasteiger partial charge in [0.15, 0.2) is 0 Å². The monoisotopic (exact) mass is 356 g/mol. The molecule has 0 bridgehead atoms. The smallest absolute Gasteiger partial charge is 0.255 e. The molecule has 1 amide bonds. The summed E-state index contributed by atoms with van der Waals surface area (Å²) in [6.07, 6.45) is 7.61. The van der Waals surface area contributed by atoms with E-state index in [-0.39, 0.29) is 5.91 Å². The lowest BCUT2D eigenvalue weighted by Gasteiger charge is -2.33. The van der Waals surface area contributed by atoms with Crippen LogP contribution in [0.15, 0.2) is 67.1 Å². The largest absolute Gasteiger partial charge is 0.338 e. The molecule has 5 heteroatoms. The average molecular weight is 356 g/mol. The SMILES string of the molecule is O=C(c1cnc2ccccc2c1)N1CCC[C@@H](c2cccc3nccn23)C1. The molecule has 0 unspecified atom stereocenters. The van der Waals surface area contributed by atoms with Crippen molar-refractivity contribution in [3.63, 3.8) is 0 Å². The van der Waals surface area contributed by atoms with Crippen molar-refractivity contribution in [3.8, 4) is 0 Å². The predicted octanol–water partition coefficient (Wildman–Crippen LogP) is 3.90. The maximum absolute atomic E-state index is 13.1. The topological polar surface area (TPSA) is 50.5 Å². The third-order valence-electron chi connectivity index (χ3n) is 5.42. The molecular formula is C22H20N4O. The molecule has 134 valence electrons. The van der Waals surface area contributed by atoms with E-state index in [1.54, 1.807) is 6.20 Å². The second kappa shape index (κ2) is 6.50. The predicted molar refractivity (Wildman–Crippen MR) is 105 cm³/mol. The first-order valence-electron chi connectivity index (χ1n) is 9.36. The molecule has 4 aromatic rings. The number of benzene rings is 1. The Balaban J connectivity index is 1.43. The number of imidazole rings is 1. The van der Waals surface area contributed by atoms with E-state index in [1.807, 2.05) is 59.8 Å². The lowest BCUT2D eigenvalue weighted by molar-refractivity contribution is 0.0705. The minimum Gasteiger partial charge on any atom is -0.338 e. The molecule has 0 radical (unpaired) electrons. The van der Waals surface area contributed by atoms with E-state index < -0.39 is 0 Å². The standard InChI is InChI=1S/C22H20N4O/c27-22(18-13-16-5-1-2-7-19(16)24-14-18)25-11-4-6-17(15-25)20-8-3-9-21-23-10-12-26(20)21/h1-3,5,7-10,12-14,17H,4,6,11,15H2/t17-/m1/s1. The maximum atomic E-state index is 13.1. The van der Waals surface area contributed by atoms with Crippen molar-refractivity contribution >= 4 is 22.5 Å². The minimum absolute atomic E-state index is 0.0655. The van der Waals surface area contributed by atoms with Crippen LogP contribution in [0.25, 0.3) is 16.6 Å². The molecule has 5 nitrogen and oxygen atoms in total. The summed E-state index contributed by atoms with van der Waals surface area (Å²) in [4.78, 5) is 23.9. The first-order chi connectivity index (χ1) is 13.3. The normalized spacial score (nSPS) is 17.5. The molecule has 0 spiro atoms. The highest BCUT2D eigenvalue weighted by Crippen LogP contribution is 2.28. The van der Waals surface area contributed by atoms with Gasteiger partial charge in [-0.15, -0.1) is 0 Å². The number of nitrogens with zero attached hydrogens (tertiary/aromatic N) is 4. The number of aromatic nitrogens is 3. The zero-order chi connectivity index (χ0) is 18.2. The molecule has 3 aromatic heterocycles. The zero-order valence-electron chi connectivity index (χ0n) is 15.0. The number of hydrogen-bond donors (Lipinski definition) is 0. The van der Waals surface area contributed by atoms with Crippen LogP contribution in [0.1, 0.15) is 34.8 Å². The molecule has 1 atom stereocenters. The first kappa shape index (κ1) is 16.0. The number of likely N-dealkylation sites (tertiary alicyclic amines) is 1. The summed E-state index contributed by atoms with van der Waals surface area (Å²) in [5, 5.41) is 1.00. The second-order valence-electron chi connectivity index (χ2n) is 7.11. The Hall–Kier alpha value is -3.21. The molecule has 4 heterocycles. The molecule has 1 aromatic carbocycles. The lowest BCUT2D eigenvalue weighted by Crippen LogP contribution is -2.39. The number of fused-ring (bicyclic) bond motifs is 2. The van der Waals surface area contributed by atoms with Crippen molar-refractivity contribution in [1.29, 1.82) is 0 Å². The van der Waals surface area contributed by atoms with Crippen LogP contribution in [0.3, 0.4) is 0 Å². The molecule has 1 aliphatic heterocycles. The fourth-order valence-corrected chi connectivity index (χ4v) is 4.08. The van der Waals surface area contributed by atoms with E-state index in [0.717, 1.165) is 42.5 Å². The summed E-state index contributed by atoms with van der Waals surface area (Å²) in [5.74, 6) is 0.379. The summed E-state index contributed by atoms with van der Waals surface area (Å²) < 4.78 is 2.14. The Bertz CT molecular complexity index is 1130. The van der Waals surface area contributed by atoms with Crippen LogP contribution in [0.2, 0.25) is 0 Å². The summed E-state index contributed by atoms with van der Waals surface area (Å²) in [6, 6.07) is 16.0. The fourth-order valence-electron chi connectivity index (χ4n) is 4.08. The van der Waals surface area contributed by atoms with Crippen LogP contribution < -0.4 is 0 Å². The maximum Gasteiger partial charge on any atom is 0.255 e. The molecule has 0 saturated carbocycles. The van der Waals surface area contributed by atoms with Gasteiger partial charge in [-0.25, -0.2) is 4.98 Å². The molecule has 5 rings (SSSR count). The molecular weight excluding hydrogens is 336 g/mol. The Labute approximate surface area is 157 Å². The second-order valence-corrected chi connectivity index (χ2v) is 7.11. The van der Waals surface area contributed by atoms with Crippen LogP contribution in [-0.4, -0.2) is 38.3 Å². The van der Waals surface area contributed by atoms with Crippen molar-refractivity contribution in [2.24, 2.45) is 0 Å². The summed E-state index contributed by atoms with van der Waals surface area (Å²) >= 11 is 0. The number of hydrogen-bond acceptors (Lipinski definition) is 3. The summed E-state index contributed by atoms with van der Waals surface area (Å²) in [6.45, 7) is 1.52. The van der Waals surface area contributed by atoms with Crippen molar-refractivity contribution in [2.45, 2.75) is 18.8 Å². The third-order valence-corrected chi connectivity index (χ3v) is 5.42. The van der Waals surface area contributed by atoms with Gasteiger partial charge < -0.3 is 9.30 Å². The van der Waals surface area contributed by atoms with Gasteiger partial charge in [-0.3, -0.25) is 9.78 Å². The van der Waals surface area contributed by atoms with Gasteiger partial charge in [0.1, 0.15) is 5.65 Å². The Morgan fingerprint density at radius 3 is 2.96 bits per heavy atom. The van der Waals surface area contributed by atoms with Gasteiger partial charge in [0.25, 0.3) is 5.91 Å². The van der Waals surface area contributed by atoms with E-state index >= 15 is 0 Å². The van der Waals surface area contributed by atoms with Crippen LogP contribution in [0, 0.1) is 0 Å². The summed E-state index contributed by atoms with van der Waals surface area (Å²) in [7, 11) is 0. The minimum atomic E-state index is 0.0655. The lowest BCUT2D eigenvalue weighted by atomic mass is 9.93. The summed E-state index contributed by atoms with van der Waals surface area (Å²) in [5.41, 5.74) is 3.75. The van der Waals surface area contributed by atoms with Gasteiger partial charge in [0.2, 0.25) is 0 Å². The molecule has 1 fully saturated rings. The van der Waals surface area contributed by atoms with Crippen molar-refractivity contribution in [3.05, 3.63) is 78.4 Å². The Morgan fingerprint density at radius 2 is 2.00 bits per heavy atom. The van der Waals surface area contributed by atoms with Gasteiger partial charge in [0, 0.05) is 48.7 Å². The number of carbonyl (C=O) groups is 1. The van der Waals surface area contributed by atoms with Crippen LogP contribution >= 0.6 is 0 Å². The highest BCUT2D eigenvalue weighted by molar-refractivity contribution is 5.97. The van der Waals surface area contributed by atoms with Gasteiger partial charge in [0.05, 0.1) is 11.1 Å². The highest BCUT2D eigenvalue weighted by Gasteiger charge is 2.27.